The highest BCUT2D eigenvalue weighted by atomic mass is 16.5. The van der Waals surface area contributed by atoms with Crippen molar-refractivity contribution >= 4 is 17.5 Å². The lowest BCUT2D eigenvalue weighted by molar-refractivity contribution is -0.138. The largest absolute Gasteiger partial charge is 0.508 e. The average Bonchev–Trinajstić information content (AvgIpc) is 3.16. The molecule has 190 valence electrons. The van der Waals surface area contributed by atoms with E-state index in [1.165, 1.54) is 5.01 Å². The summed E-state index contributed by atoms with van der Waals surface area (Å²) in [6.45, 7) is 6.05. The summed E-state index contributed by atoms with van der Waals surface area (Å²) in [5, 5.41) is 11.3. The molecule has 38 heavy (non-hydrogen) atoms. The van der Waals surface area contributed by atoms with Crippen molar-refractivity contribution in [3.8, 4) is 11.5 Å². The second kappa shape index (κ2) is 9.06. The Balaban J connectivity index is 1.51. The lowest BCUT2D eigenvalue weighted by atomic mass is 9.55. The van der Waals surface area contributed by atoms with E-state index in [4.69, 9.17) is 4.74 Å². The SMILES string of the molecule is C=CC1=CC[C@H]2C(=O)N(Nc3ccc(C)cc3)C(=O)[C@@]2(c2ccccc2)[C@H]1C1=COc2ccc(O)cc2C1. The zero-order chi connectivity index (χ0) is 26.4. The zero-order valence-corrected chi connectivity index (χ0v) is 21.1. The number of amides is 2. The number of fused-ring (bicyclic) bond motifs is 2. The van der Waals surface area contributed by atoms with E-state index in [-0.39, 0.29) is 17.6 Å². The molecule has 3 atom stereocenters. The maximum Gasteiger partial charge on any atom is 0.260 e. The summed E-state index contributed by atoms with van der Waals surface area (Å²) in [7, 11) is 0. The van der Waals surface area contributed by atoms with Gasteiger partial charge in [-0.2, -0.15) is 5.01 Å². The number of hydrazine groups is 1. The minimum Gasteiger partial charge on any atom is -0.508 e. The predicted octanol–water partition coefficient (Wildman–Crippen LogP) is 5.60. The number of anilines is 1. The van der Waals surface area contributed by atoms with Gasteiger partial charge >= 0.3 is 0 Å². The predicted molar refractivity (Wildman–Crippen MR) is 145 cm³/mol. The van der Waals surface area contributed by atoms with Crippen molar-refractivity contribution in [2.24, 2.45) is 11.8 Å². The molecular formula is C32H28N2O4. The van der Waals surface area contributed by atoms with Gasteiger partial charge in [-0.05, 0) is 60.4 Å². The Labute approximate surface area is 221 Å². The Kier molecular flexibility index (Phi) is 5.68. The molecule has 2 amide bonds. The van der Waals surface area contributed by atoms with E-state index in [1.54, 1.807) is 30.5 Å². The van der Waals surface area contributed by atoms with Gasteiger partial charge in [0.05, 0.1) is 23.3 Å². The lowest BCUT2D eigenvalue weighted by Gasteiger charge is -2.44. The van der Waals surface area contributed by atoms with Crippen LogP contribution in [0.15, 0.2) is 109 Å². The number of aryl methyl sites for hydroxylation is 1. The summed E-state index contributed by atoms with van der Waals surface area (Å²) < 4.78 is 6.00. The Morgan fingerprint density at radius 3 is 2.58 bits per heavy atom. The van der Waals surface area contributed by atoms with Gasteiger partial charge < -0.3 is 9.84 Å². The van der Waals surface area contributed by atoms with Crippen molar-refractivity contribution in [2.75, 3.05) is 5.43 Å². The number of carbonyl (C=O) groups is 2. The van der Waals surface area contributed by atoms with Gasteiger partial charge in [0.2, 0.25) is 0 Å². The third-order valence-corrected chi connectivity index (χ3v) is 7.93. The van der Waals surface area contributed by atoms with E-state index in [9.17, 15) is 14.7 Å². The maximum atomic E-state index is 14.6. The molecule has 2 heterocycles. The van der Waals surface area contributed by atoms with Crippen LogP contribution in [0.25, 0.3) is 0 Å². The fraction of sp³-hybridized carbons (Fsp3) is 0.188. The summed E-state index contributed by atoms with van der Waals surface area (Å²) in [6, 6.07) is 22.2. The molecule has 0 aromatic heterocycles. The number of aromatic hydroxyl groups is 1. The smallest absolute Gasteiger partial charge is 0.260 e. The topological polar surface area (TPSA) is 78.9 Å². The first-order valence-electron chi connectivity index (χ1n) is 12.7. The van der Waals surface area contributed by atoms with Crippen LogP contribution < -0.4 is 10.2 Å². The molecule has 0 saturated carbocycles. The minimum absolute atomic E-state index is 0.146. The number of nitrogens with one attached hydrogen (secondary N) is 1. The van der Waals surface area contributed by atoms with Gasteiger partial charge in [-0.15, -0.1) is 0 Å². The molecule has 1 saturated heterocycles. The molecule has 1 fully saturated rings. The summed E-state index contributed by atoms with van der Waals surface area (Å²) >= 11 is 0. The van der Waals surface area contributed by atoms with Crippen molar-refractivity contribution in [2.45, 2.75) is 25.2 Å². The highest BCUT2D eigenvalue weighted by Crippen LogP contribution is 2.56. The standard InChI is InChI=1S/C32H28N2O4/c1-3-21-11-15-27-30(36)34(33-25-12-9-20(2)10-13-25)31(37)32(27,24-7-5-4-6-8-24)29(21)23-17-22-18-26(35)14-16-28(22)38-19-23/h3-14,16,18-19,27,29,33,35H,1,15,17H2,2H3/t27-,29+,32+/m0/s1. The van der Waals surface area contributed by atoms with Gasteiger partial charge in [-0.1, -0.05) is 66.8 Å². The summed E-state index contributed by atoms with van der Waals surface area (Å²) in [5.74, 6) is -0.867. The molecule has 6 heteroatoms. The van der Waals surface area contributed by atoms with Gasteiger partial charge in [0.15, 0.2) is 0 Å². The fourth-order valence-electron chi connectivity index (χ4n) is 6.20. The first-order chi connectivity index (χ1) is 18.4. The van der Waals surface area contributed by atoms with Crippen LogP contribution in [0.3, 0.4) is 0 Å². The van der Waals surface area contributed by atoms with Gasteiger partial charge in [0.1, 0.15) is 11.5 Å². The number of benzene rings is 3. The normalized spacial score (nSPS) is 24.1. The minimum atomic E-state index is -1.20. The van der Waals surface area contributed by atoms with E-state index >= 15 is 0 Å². The Bertz CT molecular complexity index is 1510. The van der Waals surface area contributed by atoms with E-state index in [0.29, 0.717) is 24.3 Å². The Morgan fingerprint density at radius 1 is 1.08 bits per heavy atom. The summed E-state index contributed by atoms with van der Waals surface area (Å²) in [6.07, 6.45) is 6.37. The molecule has 0 radical (unpaired) electrons. The van der Waals surface area contributed by atoms with Gasteiger partial charge in [0.25, 0.3) is 11.8 Å². The second-order valence-corrected chi connectivity index (χ2v) is 10.1. The second-order valence-electron chi connectivity index (χ2n) is 10.1. The number of hydrogen-bond donors (Lipinski definition) is 2. The summed E-state index contributed by atoms with van der Waals surface area (Å²) in [5.41, 5.74) is 6.97. The van der Waals surface area contributed by atoms with Crippen molar-refractivity contribution in [3.05, 3.63) is 126 Å². The van der Waals surface area contributed by atoms with Gasteiger partial charge in [-0.3, -0.25) is 15.0 Å². The van der Waals surface area contributed by atoms with Gasteiger partial charge in [0, 0.05) is 17.9 Å². The van der Waals surface area contributed by atoms with Crippen LogP contribution in [0.4, 0.5) is 5.69 Å². The quantitative estimate of drug-likeness (QED) is 0.442. The Morgan fingerprint density at radius 2 is 1.84 bits per heavy atom. The molecule has 3 aromatic rings. The molecular weight excluding hydrogens is 476 g/mol. The first-order valence-corrected chi connectivity index (χ1v) is 12.7. The summed E-state index contributed by atoms with van der Waals surface area (Å²) in [4.78, 5) is 28.6. The van der Waals surface area contributed by atoms with E-state index in [1.807, 2.05) is 67.6 Å². The third-order valence-electron chi connectivity index (χ3n) is 7.93. The van der Waals surface area contributed by atoms with E-state index in [2.05, 4.69) is 12.0 Å². The monoisotopic (exact) mass is 504 g/mol. The molecule has 3 aromatic carbocycles. The maximum absolute atomic E-state index is 14.6. The van der Waals surface area contributed by atoms with Crippen LogP contribution in [0.5, 0.6) is 11.5 Å². The molecule has 3 aliphatic rings. The molecule has 2 aliphatic heterocycles. The van der Waals surface area contributed by atoms with Crippen molar-refractivity contribution in [1.29, 1.82) is 0 Å². The lowest BCUT2D eigenvalue weighted by Crippen LogP contribution is -2.51. The van der Waals surface area contributed by atoms with Crippen LogP contribution in [0.1, 0.15) is 23.1 Å². The molecule has 0 bridgehead atoms. The molecule has 6 nitrogen and oxygen atoms in total. The third kappa shape index (κ3) is 3.56. The van der Waals surface area contributed by atoms with Crippen LogP contribution in [-0.4, -0.2) is 21.9 Å². The number of allylic oxidation sites excluding steroid dienone is 4. The molecule has 6 rings (SSSR count). The van der Waals surface area contributed by atoms with Crippen LogP contribution in [0, 0.1) is 18.8 Å². The van der Waals surface area contributed by atoms with E-state index < -0.39 is 17.3 Å². The van der Waals surface area contributed by atoms with Gasteiger partial charge in [-0.25, -0.2) is 0 Å². The van der Waals surface area contributed by atoms with Crippen molar-refractivity contribution < 1.29 is 19.4 Å². The number of imide groups is 1. The Hall–Kier alpha value is -4.58. The fourth-order valence-corrected chi connectivity index (χ4v) is 6.20. The highest BCUT2D eigenvalue weighted by Gasteiger charge is 2.66. The number of hydrogen-bond acceptors (Lipinski definition) is 5. The number of ether oxygens (including phenoxy) is 1. The highest BCUT2D eigenvalue weighted by molar-refractivity contribution is 6.12. The number of phenols is 1. The van der Waals surface area contributed by atoms with Crippen LogP contribution >= 0.6 is 0 Å². The molecule has 2 N–H and O–H groups in total. The van der Waals surface area contributed by atoms with Crippen molar-refractivity contribution in [1.82, 2.24) is 5.01 Å². The number of phenolic OH excluding ortho intramolecular Hbond substituents is 1. The molecule has 0 unspecified atom stereocenters. The number of rotatable bonds is 5. The number of nitrogens with zero attached hydrogens (tertiary/aromatic N) is 1. The van der Waals surface area contributed by atoms with Crippen LogP contribution in [-0.2, 0) is 21.4 Å². The average molecular weight is 505 g/mol. The zero-order valence-electron chi connectivity index (χ0n) is 21.1. The first kappa shape index (κ1) is 23.8. The van der Waals surface area contributed by atoms with Crippen LogP contribution in [0.2, 0.25) is 0 Å². The van der Waals surface area contributed by atoms with Crippen molar-refractivity contribution in [3.63, 3.8) is 0 Å². The molecule has 1 aliphatic carbocycles. The number of carbonyl (C=O) groups excluding carboxylic acids is 2. The van der Waals surface area contributed by atoms with E-state index in [0.717, 1.165) is 27.8 Å². The molecule has 0 spiro atoms.